The molecule has 0 aliphatic rings. The minimum absolute atomic E-state index is 0.0639. The van der Waals surface area contributed by atoms with Gasteiger partial charge in [-0.3, -0.25) is 23.5 Å². The van der Waals surface area contributed by atoms with Gasteiger partial charge in [-0.15, -0.1) is 11.3 Å². The lowest BCUT2D eigenvalue weighted by atomic mass is 10.1. The SMILES string of the molecule is CN(C(=O)c1cccs1)c1ccccc1C(=O)OCC(=O)c1c(N)n(C)c(=O)n(C)c1=O. The first-order valence-corrected chi connectivity index (χ1v) is 10.2. The first kappa shape index (κ1) is 22.7. The molecule has 0 saturated carbocycles. The Morgan fingerprint density at radius 2 is 1.75 bits per heavy atom. The lowest BCUT2D eigenvalue weighted by molar-refractivity contribution is 0.0475. The molecule has 0 aliphatic carbocycles. The van der Waals surface area contributed by atoms with Crippen molar-refractivity contribution in [2.45, 2.75) is 0 Å². The standard InChI is InChI=1S/C21H20N4O6S/c1-23(18(27)15-9-6-10-32-15)13-8-5-4-7-12(13)20(29)31-11-14(26)16-17(22)24(2)21(30)25(3)19(16)28/h4-10H,11,22H2,1-3H3. The molecule has 2 heterocycles. The van der Waals surface area contributed by atoms with Gasteiger partial charge in [0.05, 0.1) is 16.1 Å². The summed E-state index contributed by atoms with van der Waals surface area (Å²) in [6.45, 7) is -0.770. The van der Waals surface area contributed by atoms with E-state index in [4.69, 9.17) is 10.5 Å². The van der Waals surface area contributed by atoms with Crippen molar-refractivity contribution in [3.05, 3.63) is 78.6 Å². The molecule has 1 amide bonds. The van der Waals surface area contributed by atoms with Crippen LogP contribution in [0, 0.1) is 0 Å². The second kappa shape index (κ2) is 9.02. The maximum Gasteiger partial charge on any atom is 0.340 e. The molecular weight excluding hydrogens is 436 g/mol. The van der Waals surface area contributed by atoms with E-state index in [1.807, 2.05) is 0 Å². The highest BCUT2D eigenvalue weighted by Crippen LogP contribution is 2.23. The average molecular weight is 456 g/mol. The highest BCUT2D eigenvalue weighted by atomic mass is 32.1. The normalized spacial score (nSPS) is 10.6. The molecule has 3 aromatic rings. The Morgan fingerprint density at radius 3 is 2.41 bits per heavy atom. The molecule has 166 valence electrons. The number of hydrogen-bond acceptors (Lipinski definition) is 8. The number of esters is 1. The van der Waals surface area contributed by atoms with Crippen LogP contribution in [0.1, 0.15) is 30.4 Å². The number of benzene rings is 1. The predicted molar refractivity (Wildman–Crippen MR) is 119 cm³/mol. The van der Waals surface area contributed by atoms with E-state index in [0.717, 1.165) is 9.13 Å². The molecule has 1 aromatic carbocycles. The summed E-state index contributed by atoms with van der Waals surface area (Å²) >= 11 is 1.27. The Bertz CT molecular complexity index is 1320. The zero-order valence-corrected chi connectivity index (χ0v) is 18.3. The molecule has 0 atom stereocenters. The van der Waals surface area contributed by atoms with Gasteiger partial charge < -0.3 is 15.4 Å². The van der Waals surface area contributed by atoms with Gasteiger partial charge >= 0.3 is 11.7 Å². The summed E-state index contributed by atoms with van der Waals surface area (Å²) in [5, 5.41) is 1.77. The number of amides is 1. The number of ketones is 1. The summed E-state index contributed by atoms with van der Waals surface area (Å²) in [7, 11) is 4.05. The van der Waals surface area contributed by atoms with Gasteiger partial charge in [-0.25, -0.2) is 9.59 Å². The molecule has 2 N–H and O–H groups in total. The van der Waals surface area contributed by atoms with Crippen molar-refractivity contribution in [1.82, 2.24) is 9.13 Å². The number of nitrogens with zero attached hydrogens (tertiary/aromatic N) is 3. The van der Waals surface area contributed by atoms with Gasteiger partial charge in [0.15, 0.2) is 6.61 Å². The number of thiophene rings is 1. The summed E-state index contributed by atoms with van der Waals surface area (Å²) in [5.41, 5.74) is 4.11. The van der Waals surface area contributed by atoms with Crippen LogP contribution in [0.4, 0.5) is 11.5 Å². The molecule has 0 fully saturated rings. The van der Waals surface area contributed by atoms with Crippen molar-refractivity contribution >= 4 is 40.5 Å². The highest BCUT2D eigenvalue weighted by molar-refractivity contribution is 7.12. The Balaban J connectivity index is 1.83. The van der Waals surface area contributed by atoms with Gasteiger partial charge in [0.2, 0.25) is 5.78 Å². The van der Waals surface area contributed by atoms with E-state index in [1.54, 1.807) is 35.7 Å². The van der Waals surface area contributed by atoms with Crippen LogP contribution in [0.2, 0.25) is 0 Å². The third-order valence-electron chi connectivity index (χ3n) is 4.84. The van der Waals surface area contributed by atoms with Crippen molar-refractivity contribution in [2.24, 2.45) is 14.1 Å². The number of carbonyl (C=O) groups is 3. The van der Waals surface area contributed by atoms with E-state index in [-0.39, 0.29) is 17.3 Å². The minimum Gasteiger partial charge on any atom is -0.454 e. The van der Waals surface area contributed by atoms with Crippen LogP contribution in [0.3, 0.4) is 0 Å². The molecule has 0 aliphatic heterocycles. The molecule has 0 saturated heterocycles. The summed E-state index contributed by atoms with van der Waals surface area (Å²) in [5.74, 6) is -2.34. The van der Waals surface area contributed by atoms with Crippen LogP contribution in [-0.2, 0) is 18.8 Å². The van der Waals surface area contributed by atoms with E-state index in [1.165, 1.54) is 43.4 Å². The lowest BCUT2D eigenvalue weighted by Crippen LogP contribution is -2.42. The molecule has 3 rings (SSSR count). The van der Waals surface area contributed by atoms with E-state index in [0.29, 0.717) is 10.6 Å². The summed E-state index contributed by atoms with van der Waals surface area (Å²) in [6.07, 6.45) is 0. The van der Waals surface area contributed by atoms with Gasteiger partial charge in [0.1, 0.15) is 11.4 Å². The molecule has 10 nitrogen and oxygen atoms in total. The number of rotatable bonds is 6. The largest absolute Gasteiger partial charge is 0.454 e. The Hall–Kier alpha value is -3.99. The van der Waals surface area contributed by atoms with Crippen molar-refractivity contribution < 1.29 is 19.1 Å². The Morgan fingerprint density at radius 1 is 1.06 bits per heavy atom. The maximum atomic E-state index is 12.7. The van der Waals surface area contributed by atoms with Crippen LogP contribution >= 0.6 is 11.3 Å². The topological polar surface area (TPSA) is 134 Å². The molecule has 0 bridgehead atoms. The number of aromatic nitrogens is 2. The molecule has 2 aromatic heterocycles. The van der Waals surface area contributed by atoms with Crippen LogP contribution in [0.15, 0.2) is 51.4 Å². The molecule has 11 heteroatoms. The third kappa shape index (κ3) is 4.10. The zero-order valence-electron chi connectivity index (χ0n) is 17.5. The van der Waals surface area contributed by atoms with E-state index in [2.05, 4.69) is 0 Å². The van der Waals surface area contributed by atoms with Crippen molar-refractivity contribution in [3.63, 3.8) is 0 Å². The van der Waals surface area contributed by atoms with Gasteiger partial charge in [-0.1, -0.05) is 18.2 Å². The highest BCUT2D eigenvalue weighted by Gasteiger charge is 2.24. The summed E-state index contributed by atoms with van der Waals surface area (Å²) in [6, 6.07) is 9.69. The Labute approximate surface area is 186 Å². The van der Waals surface area contributed by atoms with Gasteiger partial charge in [-0.05, 0) is 23.6 Å². The minimum atomic E-state index is -0.881. The number of hydrogen-bond donors (Lipinski definition) is 1. The monoisotopic (exact) mass is 456 g/mol. The van der Waals surface area contributed by atoms with Gasteiger partial charge in [-0.2, -0.15) is 0 Å². The molecule has 0 spiro atoms. The number of nitrogen functional groups attached to an aromatic ring is 1. The number of carbonyl (C=O) groups excluding carboxylic acids is 3. The number of nitrogens with two attached hydrogens (primary N) is 1. The van der Waals surface area contributed by atoms with Crippen LogP contribution in [0.5, 0.6) is 0 Å². The van der Waals surface area contributed by atoms with E-state index < -0.39 is 35.2 Å². The zero-order chi connectivity index (χ0) is 23.6. The van der Waals surface area contributed by atoms with E-state index in [9.17, 15) is 24.0 Å². The first-order chi connectivity index (χ1) is 15.1. The average Bonchev–Trinajstić information content (AvgIpc) is 3.34. The third-order valence-corrected chi connectivity index (χ3v) is 5.70. The van der Waals surface area contributed by atoms with Crippen LogP contribution in [-0.4, -0.2) is 40.4 Å². The fraction of sp³-hybridized carbons (Fsp3) is 0.190. The fourth-order valence-corrected chi connectivity index (χ4v) is 3.72. The van der Waals surface area contributed by atoms with E-state index >= 15 is 0 Å². The van der Waals surface area contributed by atoms with Crippen molar-refractivity contribution in [3.8, 4) is 0 Å². The summed E-state index contributed by atoms with van der Waals surface area (Å²) < 4.78 is 6.81. The number of para-hydroxylation sites is 1. The molecule has 32 heavy (non-hydrogen) atoms. The lowest BCUT2D eigenvalue weighted by Gasteiger charge is -2.19. The van der Waals surface area contributed by atoms with Crippen LogP contribution in [0.25, 0.3) is 0 Å². The van der Waals surface area contributed by atoms with Gasteiger partial charge in [0.25, 0.3) is 11.5 Å². The number of ether oxygens (including phenoxy) is 1. The molecule has 0 unspecified atom stereocenters. The number of Topliss-reactive ketones (excluding diaryl/α,β-unsaturated/α-hetero) is 1. The molecule has 0 radical (unpaired) electrons. The quantitative estimate of drug-likeness (QED) is 0.433. The Kier molecular flexibility index (Phi) is 6.40. The van der Waals surface area contributed by atoms with Crippen LogP contribution < -0.4 is 21.9 Å². The molecular formula is C21H20N4O6S. The second-order valence-electron chi connectivity index (χ2n) is 6.82. The van der Waals surface area contributed by atoms with Crippen molar-refractivity contribution in [2.75, 3.05) is 24.3 Å². The van der Waals surface area contributed by atoms with Gasteiger partial charge in [0, 0.05) is 21.1 Å². The second-order valence-corrected chi connectivity index (χ2v) is 7.77. The number of anilines is 2. The van der Waals surface area contributed by atoms with Crippen molar-refractivity contribution in [1.29, 1.82) is 0 Å². The predicted octanol–water partition coefficient (Wildman–Crippen LogP) is 1.04. The smallest absolute Gasteiger partial charge is 0.340 e. The fourth-order valence-electron chi connectivity index (χ4n) is 3.02. The summed E-state index contributed by atoms with van der Waals surface area (Å²) in [4.78, 5) is 63.9. The maximum absolute atomic E-state index is 12.7. The first-order valence-electron chi connectivity index (χ1n) is 9.31.